The van der Waals surface area contributed by atoms with E-state index in [4.69, 9.17) is 0 Å². The molecule has 1 fully saturated rings. The molecule has 0 spiro atoms. The lowest BCUT2D eigenvalue weighted by molar-refractivity contribution is -0.132. The molecule has 7 heteroatoms. The van der Waals surface area contributed by atoms with Gasteiger partial charge in [-0.25, -0.2) is 4.98 Å². The Morgan fingerprint density at radius 1 is 1.40 bits per heavy atom. The minimum absolute atomic E-state index is 0.0699. The van der Waals surface area contributed by atoms with E-state index >= 15 is 0 Å². The summed E-state index contributed by atoms with van der Waals surface area (Å²) in [5.74, 6) is 0.0982. The fraction of sp³-hybridized carbons (Fsp3) is 0.389. The molecule has 3 aromatic rings. The van der Waals surface area contributed by atoms with Crippen molar-refractivity contribution in [3.8, 4) is 0 Å². The van der Waals surface area contributed by atoms with E-state index in [0.717, 1.165) is 24.2 Å². The number of rotatable bonds is 4. The van der Waals surface area contributed by atoms with Gasteiger partial charge in [-0.15, -0.1) is 11.3 Å². The van der Waals surface area contributed by atoms with E-state index in [-0.39, 0.29) is 17.5 Å². The Morgan fingerprint density at radius 3 is 3.08 bits per heavy atom. The minimum Gasteiger partial charge on any atom is -0.353 e. The van der Waals surface area contributed by atoms with Gasteiger partial charge in [0.1, 0.15) is 4.83 Å². The molecule has 1 atom stereocenters. The average molecular weight is 356 g/mol. The molecule has 0 aliphatic carbocycles. The zero-order valence-corrected chi connectivity index (χ0v) is 14.9. The van der Waals surface area contributed by atoms with Crippen LogP contribution < -0.4 is 5.56 Å². The standard InChI is InChI=1S/C18H20N4O2S/c1-20-8-2-4-14(20)15-5-3-9-22(15)16(23)6-10-21-12-19-17-13(18(21)24)7-11-25-17/h2,4,7-8,11-12,15H,3,5-6,9-10H2,1H3. The first-order valence-corrected chi connectivity index (χ1v) is 9.36. The lowest BCUT2D eigenvalue weighted by atomic mass is 10.1. The predicted octanol–water partition coefficient (Wildman–Crippen LogP) is 2.55. The third kappa shape index (κ3) is 2.89. The molecule has 3 aromatic heterocycles. The zero-order chi connectivity index (χ0) is 17.4. The maximum atomic E-state index is 12.7. The molecule has 1 amide bonds. The van der Waals surface area contributed by atoms with Crippen molar-refractivity contribution in [1.82, 2.24) is 19.0 Å². The minimum atomic E-state index is -0.0699. The largest absolute Gasteiger partial charge is 0.353 e. The summed E-state index contributed by atoms with van der Waals surface area (Å²) in [5.41, 5.74) is 1.10. The van der Waals surface area contributed by atoms with Crippen molar-refractivity contribution in [3.63, 3.8) is 0 Å². The molecule has 6 nitrogen and oxygen atoms in total. The van der Waals surface area contributed by atoms with E-state index in [0.29, 0.717) is 18.4 Å². The lowest BCUT2D eigenvalue weighted by Crippen LogP contribution is -2.33. The van der Waals surface area contributed by atoms with Gasteiger partial charge >= 0.3 is 0 Å². The number of fused-ring (bicyclic) bond motifs is 1. The van der Waals surface area contributed by atoms with Crippen molar-refractivity contribution in [1.29, 1.82) is 0 Å². The molecular weight excluding hydrogens is 336 g/mol. The molecule has 0 saturated carbocycles. The summed E-state index contributed by atoms with van der Waals surface area (Å²) in [6.45, 7) is 1.15. The monoisotopic (exact) mass is 356 g/mol. The number of thiophene rings is 1. The van der Waals surface area contributed by atoms with Crippen LogP contribution in [0, 0.1) is 0 Å². The number of hydrogen-bond donors (Lipinski definition) is 0. The second-order valence-corrected chi connectivity index (χ2v) is 7.32. The number of carbonyl (C=O) groups is 1. The van der Waals surface area contributed by atoms with Crippen LogP contribution in [0.25, 0.3) is 10.2 Å². The number of likely N-dealkylation sites (tertiary alicyclic amines) is 1. The molecular formula is C18H20N4O2S. The van der Waals surface area contributed by atoms with E-state index in [1.54, 1.807) is 17.0 Å². The molecule has 0 aromatic carbocycles. The van der Waals surface area contributed by atoms with Crippen molar-refractivity contribution in [2.45, 2.75) is 31.8 Å². The molecule has 1 aliphatic rings. The van der Waals surface area contributed by atoms with Crippen LogP contribution in [-0.2, 0) is 18.4 Å². The first kappa shape index (κ1) is 16.1. The molecule has 4 rings (SSSR count). The van der Waals surface area contributed by atoms with Gasteiger partial charge in [-0.3, -0.25) is 14.2 Å². The van der Waals surface area contributed by atoms with Crippen LogP contribution in [-0.4, -0.2) is 31.5 Å². The van der Waals surface area contributed by atoms with Crippen molar-refractivity contribution in [3.05, 3.63) is 52.2 Å². The summed E-state index contributed by atoms with van der Waals surface area (Å²) >= 11 is 1.45. The molecule has 4 heterocycles. The van der Waals surface area contributed by atoms with Gasteiger partial charge in [-0.05, 0) is 36.4 Å². The molecule has 0 radical (unpaired) electrons. The number of nitrogens with zero attached hydrogens (tertiary/aromatic N) is 4. The first-order valence-electron chi connectivity index (χ1n) is 8.48. The van der Waals surface area contributed by atoms with E-state index < -0.39 is 0 Å². The third-order valence-electron chi connectivity index (χ3n) is 4.92. The molecule has 25 heavy (non-hydrogen) atoms. The summed E-state index contributed by atoms with van der Waals surface area (Å²) in [6, 6.07) is 6.02. The Hall–Kier alpha value is -2.41. The van der Waals surface area contributed by atoms with Crippen LogP contribution in [0.15, 0.2) is 40.9 Å². The summed E-state index contributed by atoms with van der Waals surface area (Å²) in [6.07, 6.45) is 5.89. The molecule has 1 aliphatic heterocycles. The zero-order valence-electron chi connectivity index (χ0n) is 14.1. The number of carbonyl (C=O) groups excluding carboxylic acids is 1. The van der Waals surface area contributed by atoms with Crippen molar-refractivity contribution in [2.24, 2.45) is 7.05 Å². The van der Waals surface area contributed by atoms with Gasteiger partial charge in [-0.2, -0.15) is 0 Å². The number of hydrogen-bond acceptors (Lipinski definition) is 4. The van der Waals surface area contributed by atoms with Gasteiger partial charge < -0.3 is 9.47 Å². The normalized spacial score (nSPS) is 17.5. The smallest absolute Gasteiger partial charge is 0.262 e. The fourth-order valence-electron chi connectivity index (χ4n) is 3.61. The summed E-state index contributed by atoms with van der Waals surface area (Å²) in [4.78, 5) is 32.2. The van der Waals surface area contributed by atoms with Gasteiger partial charge in [-0.1, -0.05) is 0 Å². The number of aromatic nitrogens is 3. The van der Waals surface area contributed by atoms with Crippen molar-refractivity contribution >= 4 is 27.5 Å². The van der Waals surface area contributed by atoms with E-state index in [1.165, 1.54) is 17.0 Å². The number of amides is 1. The van der Waals surface area contributed by atoms with Gasteiger partial charge in [0.15, 0.2) is 0 Å². The van der Waals surface area contributed by atoms with Crippen LogP contribution in [0.3, 0.4) is 0 Å². The SMILES string of the molecule is Cn1cccc1C1CCCN1C(=O)CCn1cnc2sccc2c1=O. The van der Waals surface area contributed by atoms with Gasteiger partial charge in [0.05, 0.1) is 17.8 Å². The number of aryl methyl sites for hydroxylation is 2. The Bertz CT molecular complexity index is 971. The highest BCUT2D eigenvalue weighted by Gasteiger charge is 2.30. The molecule has 1 saturated heterocycles. The average Bonchev–Trinajstić information content (AvgIpc) is 3.33. The maximum Gasteiger partial charge on any atom is 0.262 e. The van der Waals surface area contributed by atoms with Crippen LogP contribution in [0.5, 0.6) is 0 Å². The summed E-state index contributed by atoms with van der Waals surface area (Å²) < 4.78 is 3.62. The lowest BCUT2D eigenvalue weighted by Gasteiger charge is -2.25. The van der Waals surface area contributed by atoms with Crippen LogP contribution in [0.4, 0.5) is 0 Å². The predicted molar refractivity (Wildman–Crippen MR) is 97.6 cm³/mol. The first-order chi connectivity index (χ1) is 12.1. The quantitative estimate of drug-likeness (QED) is 0.722. The molecule has 0 bridgehead atoms. The summed E-state index contributed by atoms with van der Waals surface area (Å²) in [5, 5.41) is 2.49. The Kier molecular flexibility index (Phi) is 4.17. The topological polar surface area (TPSA) is 60.1 Å². The fourth-order valence-corrected chi connectivity index (χ4v) is 4.33. The van der Waals surface area contributed by atoms with Gasteiger partial charge in [0, 0.05) is 38.4 Å². The Morgan fingerprint density at radius 2 is 2.28 bits per heavy atom. The Labute approximate surface area is 149 Å². The van der Waals surface area contributed by atoms with Crippen molar-refractivity contribution in [2.75, 3.05) is 6.54 Å². The molecule has 130 valence electrons. The molecule has 0 N–H and O–H groups in total. The van der Waals surface area contributed by atoms with Crippen LogP contribution in [0.1, 0.15) is 31.0 Å². The highest BCUT2D eigenvalue weighted by Crippen LogP contribution is 2.32. The second-order valence-electron chi connectivity index (χ2n) is 6.42. The van der Waals surface area contributed by atoms with E-state index in [2.05, 4.69) is 15.6 Å². The Balaban J connectivity index is 1.49. The molecule has 1 unspecified atom stereocenters. The highest BCUT2D eigenvalue weighted by molar-refractivity contribution is 7.16. The van der Waals surface area contributed by atoms with E-state index in [1.807, 2.05) is 29.6 Å². The van der Waals surface area contributed by atoms with Gasteiger partial charge in [0.25, 0.3) is 5.56 Å². The van der Waals surface area contributed by atoms with Crippen LogP contribution >= 0.6 is 11.3 Å². The second kappa shape index (κ2) is 6.48. The highest BCUT2D eigenvalue weighted by atomic mass is 32.1. The van der Waals surface area contributed by atoms with Gasteiger partial charge in [0.2, 0.25) is 5.91 Å². The van der Waals surface area contributed by atoms with Crippen LogP contribution in [0.2, 0.25) is 0 Å². The maximum absolute atomic E-state index is 12.7. The van der Waals surface area contributed by atoms with Crippen molar-refractivity contribution < 1.29 is 4.79 Å². The third-order valence-corrected chi connectivity index (χ3v) is 5.74. The van der Waals surface area contributed by atoms with E-state index in [9.17, 15) is 9.59 Å². The summed E-state index contributed by atoms with van der Waals surface area (Å²) in [7, 11) is 2.01.